The number of nitrogens with zero attached hydrogens (tertiary/aromatic N) is 1. The molecular formula is C15H24N2. The third-order valence-electron chi connectivity index (χ3n) is 4.09. The van der Waals surface area contributed by atoms with Crippen LogP contribution in [0.1, 0.15) is 31.2 Å². The molecule has 0 amide bonds. The largest absolute Gasteiger partial charge is 0.372 e. The predicted molar refractivity (Wildman–Crippen MR) is 74.7 cm³/mol. The molecule has 0 unspecified atom stereocenters. The molecule has 1 fully saturated rings. The normalized spacial score (nSPS) is 24.6. The summed E-state index contributed by atoms with van der Waals surface area (Å²) in [5, 5.41) is 3.39. The first-order valence-corrected chi connectivity index (χ1v) is 6.67. The van der Waals surface area contributed by atoms with Crippen molar-refractivity contribution in [1.82, 2.24) is 5.32 Å². The van der Waals surface area contributed by atoms with Gasteiger partial charge in [0, 0.05) is 24.8 Å². The average molecular weight is 232 g/mol. The van der Waals surface area contributed by atoms with Gasteiger partial charge in [0.25, 0.3) is 0 Å². The summed E-state index contributed by atoms with van der Waals surface area (Å²) >= 11 is 0. The van der Waals surface area contributed by atoms with Crippen molar-refractivity contribution in [2.24, 2.45) is 0 Å². The Hall–Kier alpha value is -1.02. The molecule has 2 heteroatoms. The Bertz CT molecular complexity index is 336. The van der Waals surface area contributed by atoms with Crippen molar-refractivity contribution >= 4 is 5.69 Å². The fourth-order valence-corrected chi connectivity index (χ4v) is 2.74. The standard InChI is InChI=1S/C15H24N2/c1-12-4-8-14(9-5-12)17(3)15-10-6-13(16-2)7-11-15/h4-5,8-9,13,15-16H,6-7,10-11H2,1-3H3. The molecule has 1 aliphatic rings. The van der Waals surface area contributed by atoms with Gasteiger partial charge >= 0.3 is 0 Å². The van der Waals surface area contributed by atoms with E-state index in [0.29, 0.717) is 6.04 Å². The highest BCUT2D eigenvalue weighted by molar-refractivity contribution is 5.47. The van der Waals surface area contributed by atoms with E-state index in [9.17, 15) is 0 Å². The van der Waals surface area contributed by atoms with Gasteiger partial charge in [-0.25, -0.2) is 0 Å². The van der Waals surface area contributed by atoms with Crippen molar-refractivity contribution in [2.75, 3.05) is 19.0 Å². The molecule has 0 aliphatic heterocycles. The third-order valence-corrected chi connectivity index (χ3v) is 4.09. The lowest BCUT2D eigenvalue weighted by Crippen LogP contribution is -2.39. The summed E-state index contributed by atoms with van der Waals surface area (Å²) < 4.78 is 0. The van der Waals surface area contributed by atoms with Crippen LogP contribution in [0.5, 0.6) is 0 Å². The molecule has 0 spiro atoms. The average Bonchev–Trinajstić information content (AvgIpc) is 2.39. The number of benzene rings is 1. The second-order valence-corrected chi connectivity index (χ2v) is 5.24. The Morgan fingerprint density at radius 1 is 1.06 bits per heavy atom. The summed E-state index contributed by atoms with van der Waals surface area (Å²) in [5.74, 6) is 0. The molecule has 94 valence electrons. The highest BCUT2D eigenvalue weighted by atomic mass is 15.1. The molecule has 0 heterocycles. The number of nitrogens with one attached hydrogen (secondary N) is 1. The maximum atomic E-state index is 3.39. The molecule has 0 radical (unpaired) electrons. The number of hydrogen-bond donors (Lipinski definition) is 1. The van der Waals surface area contributed by atoms with Gasteiger partial charge in [-0.3, -0.25) is 0 Å². The highest BCUT2D eigenvalue weighted by Crippen LogP contribution is 2.26. The summed E-state index contributed by atoms with van der Waals surface area (Å²) in [6, 6.07) is 10.3. The number of aryl methyl sites for hydroxylation is 1. The van der Waals surface area contributed by atoms with Gasteiger partial charge in [0.15, 0.2) is 0 Å². The van der Waals surface area contributed by atoms with Gasteiger partial charge in [0.2, 0.25) is 0 Å². The van der Waals surface area contributed by atoms with Crippen LogP contribution in [-0.4, -0.2) is 26.2 Å². The zero-order valence-corrected chi connectivity index (χ0v) is 11.2. The van der Waals surface area contributed by atoms with Crippen LogP contribution in [0.3, 0.4) is 0 Å². The summed E-state index contributed by atoms with van der Waals surface area (Å²) in [4.78, 5) is 2.45. The van der Waals surface area contributed by atoms with Gasteiger partial charge in [0.05, 0.1) is 0 Å². The van der Waals surface area contributed by atoms with Crippen LogP contribution in [0.4, 0.5) is 5.69 Å². The first-order valence-electron chi connectivity index (χ1n) is 6.67. The fourth-order valence-electron chi connectivity index (χ4n) is 2.74. The van der Waals surface area contributed by atoms with Gasteiger partial charge in [-0.1, -0.05) is 17.7 Å². The Balaban J connectivity index is 1.96. The lowest BCUT2D eigenvalue weighted by atomic mass is 9.90. The van der Waals surface area contributed by atoms with Crippen molar-refractivity contribution in [1.29, 1.82) is 0 Å². The molecule has 1 saturated carbocycles. The van der Waals surface area contributed by atoms with Crippen LogP contribution in [0.15, 0.2) is 24.3 Å². The third kappa shape index (κ3) is 3.01. The van der Waals surface area contributed by atoms with Crippen LogP contribution in [0.25, 0.3) is 0 Å². The van der Waals surface area contributed by atoms with E-state index < -0.39 is 0 Å². The van der Waals surface area contributed by atoms with Crippen LogP contribution < -0.4 is 10.2 Å². The minimum atomic E-state index is 0.710. The molecule has 17 heavy (non-hydrogen) atoms. The maximum Gasteiger partial charge on any atom is 0.0366 e. The summed E-state index contributed by atoms with van der Waals surface area (Å²) in [6.45, 7) is 2.14. The van der Waals surface area contributed by atoms with Crippen LogP contribution in [-0.2, 0) is 0 Å². The van der Waals surface area contributed by atoms with Gasteiger partial charge < -0.3 is 10.2 Å². The molecular weight excluding hydrogens is 208 g/mol. The summed E-state index contributed by atoms with van der Waals surface area (Å²) in [6.07, 6.45) is 5.21. The summed E-state index contributed by atoms with van der Waals surface area (Å²) in [5.41, 5.74) is 2.68. The van der Waals surface area contributed by atoms with E-state index in [-0.39, 0.29) is 0 Å². The molecule has 1 aromatic rings. The van der Waals surface area contributed by atoms with E-state index in [1.807, 2.05) is 0 Å². The first kappa shape index (κ1) is 12.4. The molecule has 1 aromatic carbocycles. The quantitative estimate of drug-likeness (QED) is 0.862. The lowest BCUT2D eigenvalue weighted by molar-refractivity contribution is 0.351. The fraction of sp³-hybridized carbons (Fsp3) is 0.600. The zero-order chi connectivity index (χ0) is 12.3. The van der Waals surface area contributed by atoms with Crippen molar-refractivity contribution in [3.05, 3.63) is 29.8 Å². The van der Waals surface area contributed by atoms with Crippen LogP contribution in [0.2, 0.25) is 0 Å². The Labute approximate surface area is 105 Å². The number of hydrogen-bond acceptors (Lipinski definition) is 2. The number of anilines is 1. The lowest BCUT2D eigenvalue weighted by Gasteiger charge is -2.36. The van der Waals surface area contributed by atoms with Crippen molar-refractivity contribution in [3.8, 4) is 0 Å². The molecule has 0 saturated heterocycles. The van der Waals surface area contributed by atoms with E-state index in [0.717, 1.165) is 6.04 Å². The number of rotatable bonds is 3. The van der Waals surface area contributed by atoms with Crippen LogP contribution >= 0.6 is 0 Å². The van der Waals surface area contributed by atoms with E-state index in [1.54, 1.807) is 0 Å². The van der Waals surface area contributed by atoms with Gasteiger partial charge in [-0.05, 0) is 51.8 Å². The minimum absolute atomic E-state index is 0.710. The second kappa shape index (κ2) is 5.54. The maximum absolute atomic E-state index is 3.39. The predicted octanol–water partition coefficient (Wildman–Crippen LogP) is 2.96. The second-order valence-electron chi connectivity index (χ2n) is 5.24. The van der Waals surface area contributed by atoms with Crippen molar-refractivity contribution < 1.29 is 0 Å². The van der Waals surface area contributed by atoms with Crippen molar-refractivity contribution in [3.63, 3.8) is 0 Å². The topological polar surface area (TPSA) is 15.3 Å². The summed E-state index contributed by atoms with van der Waals surface area (Å²) in [7, 11) is 4.31. The molecule has 2 nitrogen and oxygen atoms in total. The molecule has 0 atom stereocenters. The Morgan fingerprint density at radius 3 is 2.18 bits per heavy atom. The molecule has 1 N–H and O–H groups in total. The Morgan fingerprint density at radius 2 is 1.65 bits per heavy atom. The van der Waals surface area contributed by atoms with Gasteiger partial charge in [0.1, 0.15) is 0 Å². The minimum Gasteiger partial charge on any atom is -0.372 e. The molecule has 2 rings (SSSR count). The van der Waals surface area contributed by atoms with Gasteiger partial charge in [-0.15, -0.1) is 0 Å². The van der Waals surface area contributed by atoms with E-state index >= 15 is 0 Å². The SMILES string of the molecule is CNC1CCC(N(C)c2ccc(C)cc2)CC1. The molecule has 0 aromatic heterocycles. The van der Waals surface area contributed by atoms with Crippen LogP contribution in [0, 0.1) is 6.92 Å². The molecule has 0 bridgehead atoms. The van der Waals surface area contributed by atoms with Gasteiger partial charge in [-0.2, -0.15) is 0 Å². The molecule has 1 aliphatic carbocycles. The zero-order valence-electron chi connectivity index (χ0n) is 11.2. The Kier molecular flexibility index (Phi) is 4.06. The highest BCUT2D eigenvalue weighted by Gasteiger charge is 2.23. The first-order chi connectivity index (χ1) is 8.20. The van der Waals surface area contributed by atoms with E-state index in [4.69, 9.17) is 0 Å². The van der Waals surface area contributed by atoms with E-state index in [2.05, 4.69) is 55.5 Å². The van der Waals surface area contributed by atoms with E-state index in [1.165, 1.54) is 36.9 Å². The monoisotopic (exact) mass is 232 g/mol. The van der Waals surface area contributed by atoms with Crippen molar-refractivity contribution in [2.45, 2.75) is 44.7 Å². The smallest absolute Gasteiger partial charge is 0.0366 e.